The Labute approximate surface area is 89.4 Å². The predicted octanol–water partition coefficient (Wildman–Crippen LogP) is 2.13. The van der Waals surface area contributed by atoms with Crippen LogP contribution in [0.25, 0.3) is 0 Å². The van der Waals surface area contributed by atoms with E-state index < -0.39 is 5.97 Å². The summed E-state index contributed by atoms with van der Waals surface area (Å²) in [5.41, 5.74) is 0. The van der Waals surface area contributed by atoms with Crippen molar-refractivity contribution in [3.63, 3.8) is 0 Å². The summed E-state index contributed by atoms with van der Waals surface area (Å²) in [6.45, 7) is 0. The molecule has 0 saturated heterocycles. The number of carboxylic acid groups (broad SMARTS) is 1. The number of hydrogen-bond acceptors (Lipinski definition) is 3. The second kappa shape index (κ2) is 6.92. The highest BCUT2D eigenvalue weighted by molar-refractivity contribution is 5.69. The van der Waals surface area contributed by atoms with Gasteiger partial charge in [0.2, 0.25) is 0 Å². The molecule has 0 radical (unpaired) electrons. The SMILES string of the molecule is O=C(O)C1CCCCC1.c1cncnc1. The summed E-state index contributed by atoms with van der Waals surface area (Å²) in [6.07, 6.45) is 10.1. The predicted molar refractivity (Wildman–Crippen MR) is 56.2 cm³/mol. The number of aromatic nitrogens is 2. The van der Waals surface area contributed by atoms with Crippen molar-refractivity contribution in [2.45, 2.75) is 32.1 Å². The molecule has 0 bridgehead atoms. The lowest BCUT2D eigenvalue weighted by Gasteiger charge is -2.16. The average molecular weight is 208 g/mol. The zero-order valence-electron chi connectivity index (χ0n) is 8.67. The molecule has 0 spiro atoms. The van der Waals surface area contributed by atoms with Gasteiger partial charge >= 0.3 is 5.97 Å². The molecule has 4 nitrogen and oxygen atoms in total. The minimum Gasteiger partial charge on any atom is -0.481 e. The molecule has 0 atom stereocenters. The fourth-order valence-corrected chi connectivity index (χ4v) is 1.60. The van der Waals surface area contributed by atoms with Gasteiger partial charge in [0.25, 0.3) is 0 Å². The maximum absolute atomic E-state index is 10.4. The maximum Gasteiger partial charge on any atom is 0.306 e. The molecule has 2 rings (SSSR count). The smallest absolute Gasteiger partial charge is 0.306 e. The third-order valence-electron chi connectivity index (χ3n) is 2.43. The summed E-state index contributed by atoms with van der Waals surface area (Å²) in [4.78, 5) is 17.7. The van der Waals surface area contributed by atoms with Gasteiger partial charge in [0.05, 0.1) is 5.92 Å². The monoisotopic (exact) mass is 208 g/mol. The van der Waals surface area contributed by atoms with Crippen molar-refractivity contribution < 1.29 is 9.90 Å². The molecule has 1 aliphatic carbocycles. The summed E-state index contributed by atoms with van der Waals surface area (Å²) in [5, 5.41) is 8.54. The first-order valence-electron chi connectivity index (χ1n) is 5.23. The second-order valence-electron chi connectivity index (χ2n) is 3.58. The standard InChI is InChI=1S/C7H12O2.C4H4N2/c8-7(9)6-4-2-1-3-5-6;1-2-5-4-6-3-1/h6H,1-5H2,(H,8,9);1-4H. The largest absolute Gasteiger partial charge is 0.481 e. The van der Waals surface area contributed by atoms with Gasteiger partial charge in [0.1, 0.15) is 6.33 Å². The van der Waals surface area contributed by atoms with Gasteiger partial charge in [-0.25, -0.2) is 9.97 Å². The summed E-state index contributed by atoms with van der Waals surface area (Å²) in [5.74, 6) is -0.631. The zero-order valence-corrected chi connectivity index (χ0v) is 8.67. The van der Waals surface area contributed by atoms with E-state index in [1.807, 2.05) is 0 Å². The van der Waals surface area contributed by atoms with Gasteiger partial charge in [0, 0.05) is 12.4 Å². The first-order chi connectivity index (χ1) is 7.30. The van der Waals surface area contributed by atoms with Crippen molar-refractivity contribution >= 4 is 5.97 Å². The van der Waals surface area contributed by atoms with Crippen molar-refractivity contribution in [1.82, 2.24) is 9.97 Å². The number of hydrogen-bond donors (Lipinski definition) is 1. The van der Waals surface area contributed by atoms with E-state index in [2.05, 4.69) is 9.97 Å². The topological polar surface area (TPSA) is 63.1 Å². The van der Waals surface area contributed by atoms with E-state index in [9.17, 15) is 4.79 Å². The molecule has 0 amide bonds. The van der Waals surface area contributed by atoms with Crippen LogP contribution in [0.4, 0.5) is 0 Å². The lowest BCUT2D eigenvalue weighted by molar-refractivity contribution is -0.142. The third-order valence-corrected chi connectivity index (χ3v) is 2.43. The van der Waals surface area contributed by atoms with E-state index in [0.717, 1.165) is 25.7 Å². The minimum absolute atomic E-state index is 0.0289. The van der Waals surface area contributed by atoms with Crippen LogP contribution in [0.1, 0.15) is 32.1 Å². The van der Waals surface area contributed by atoms with Crippen LogP contribution in [0, 0.1) is 5.92 Å². The van der Waals surface area contributed by atoms with Crippen molar-refractivity contribution in [3.05, 3.63) is 24.8 Å². The van der Waals surface area contributed by atoms with Crippen molar-refractivity contribution in [3.8, 4) is 0 Å². The van der Waals surface area contributed by atoms with Crippen LogP contribution in [0.15, 0.2) is 24.8 Å². The highest BCUT2D eigenvalue weighted by atomic mass is 16.4. The Bertz CT molecular complexity index is 244. The summed E-state index contributed by atoms with van der Waals surface area (Å²) < 4.78 is 0. The first-order valence-corrected chi connectivity index (χ1v) is 5.23. The van der Waals surface area contributed by atoms with E-state index in [1.165, 1.54) is 12.7 Å². The average Bonchev–Trinajstić information content (AvgIpc) is 2.33. The number of rotatable bonds is 1. The molecule has 0 aromatic carbocycles. The molecule has 1 aromatic heterocycles. The molecule has 1 saturated carbocycles. The van der Waals surface area contributed by atoms with Gasteiger partial charge in [-0.2, -0.15) is 0 Å². The third kappa shape index (κ3) is 5.10. The Morgan fingerprint density at radius 1 is 1.13 bits per heavy atom. The van der Waals surface area contributed by atoms with Crippen molar-refractivity contribution in [2.75, 3.05) is 0 Å². The normalized spacial score (nSPS) is 16.3. The molecule has 1 heterocycles. The summed E-state index contributed by atoms with van der Waals surface area (Å²) in [7, 11) is 0. The van der Waals surface area contributed by atoms with E-state index >= 15 is 0 Å². The molecule has 0 unspecified atom stereocenters. The Balaban J connectivity index is 0.000000162. The molecule has 1 aliphatic rings. The lowest BCUT2D eigenvalue weighted by atomic mass is 9.90. The second-order valence-corrected chi connectivity index (χ2v) is 3.58. The molecule has 1 aromatic rings. The fraction of sp³-hybridized carbons (Fsp3) is 0.545. The van der Waals surface area contributed by atoms with E-state index in [4.69, 9.17) is 5.11 Å². The molecule has 15 heavy (non-hydrogen) atoms. The first kappa shape index (κ1) is 11.6. The highest BCUT2D eigenvalue weighted by Gasteiger charge is 2.19. The van der Waals surface area contributed by atoms with Crippen LogP contribution in [0.2, 0.25) is 0 Å². The Morgan fingerprint density at radius 2 is 1.73 bits per heavy atom. The molecule has 1 fully saturated rings. The highest BCUT2D eigenvalue weighted by Crippen LogP contribution is 2.23. The van der Waals surface area contributed by atoms with Gasteiger partial charge in [-0.3, -0.25) is 4.79 Å². The Kier molecular flexibility index (Phi) is 5.37. The van der Waals surface area contributed by atoms with Gasteiger partial charge < -0.3 is 5.11 Å². The van der Waals surface area contributed by atoms with E-state index in [1.54, 1.807) is 18.5 Å². The van der Waals surface area contributed by atoms with Gasteiger partial charge in [-0.1, -0.05) is 19.3 Å². The van der Waals surface area contributed by atoms with Crippen molar-refractivity contribution in [1.29, 1.82) is 0 Å². The summed E-state index contributed by atoms with van der Waals surface area (Å²) >= 11 is 0. The Hall–Kier alpha value is -1.45. The fourth-order valence-electron chi connectivity index (χ4n) is 1.60. The van der Waals surface area contributed by atoms with Gasteiger partial charge in [0.15, 0.2) is 0 Å². The summed E-state index contributed by atoms with van der Waals surface area (Å²) in [6, 6.07) is 1.78. The molecular weight excluding hydrogens is 192 g/mol. The van der Waals surface area contributed by atoms with Crippen LogP contribution in [0.5, 0.6) is 0 Å². The van der Waals surface area contributed by atoms with Crippen molar-refractivity contribution in [2.24, 2.45) is 5.92 Å². The van der Waals surface area contributed by atoms with Gasteiger partial charge in [-0.15, -0.1) is 0 Å². The lowest BCUT2D eigenvalue weighted by Crippen LogP contribution is -2.16. The quantitative estimate of drug-likeness (QED) is 0.767. The van der Waals surface area contributed by atoms with Crippen LogP contribution in [-0.4, -0.2) is 21.0 Å². The molecule has 82 valence electrons. The van der Waals surface area contributed by atoms with Crippen LogP contribution >= 0.6 is 0 Å². The van der Waals surface area contributed by atoms with Crippen LogP contribution < -0.4 is 0 Å². The van der Waals surface area contributed by atoms with Crippen LogP contribution in [-0.2, 0) is 4.79 Å². The molecule has 0 aliphatic heterocycles. The molecule has 1 N–H and O–H groups in total. The Morgan fingerprint density at radius 3 is 2.00 bits per heavy atom. The number of carbonyl (C=O) groups is 1. The minimum atomic E-state index is -0.602. The van der Waals surface area contributed by atoms with Crippen LogP contribution in [0.3, 0.4) is 0 Å². The van der Waals surface area contributed by atoms with Gasteiger partial charge in [-0.05, 0) is 18.9 Å². The molecular formula is C11H16N2O2. The number of aliphatic carboxylic acids is 1. The zero-order chi connectivity index (χ0) is 10.9. The maximum atomic E-state index is 10.4. The number of carboxylic acids is 1. The number of nitrogens with zero attached hydrogens (tertiary/aromatic N) is 2. The molecule has 4 heteroatoms. The van der Waals surface area contributed by atoms with E-state index in [0.29, 0.717) is 0 Å². The van der Waals surface area contributed by atoms with E-state index in [-0.39, 0.29) is 5.92 Å².